The monoisotopic (exact) mass is 457 g/mol. The summed E-state index contributed by atoms with van der Waals surface area (Å²) in [5.41, 5.74) is 0.761. The lowest BCUT2D eigenvalue weighted by molar-refractivity contribution is -0.141. The van der Waals surface area contributed by atoms with Gasteiger partial charge in [-0.1, -0.05) is 26.2 Å². The number of esters is 1. The van der Waals surface area contributed by atoms with E-state index in [4.69, 9.17) is 14.2 Å². The normalized spacial score (nSPS) is 10.3. The van der Waals surface area contributed by atoms with Crippen molar-refractivity contribution in [2.45, 2.75) is 39.5 Å². The van der Waals surface area contributed by atoms with E-state index < -0.39 is 17.8 Å². The largest absolute Gasteiger partial charge is 0.494 e. The van der Waals surface area contributed by atoms with Gasteiger partial charge in [-0.3, -0.25) is 14.4 Å². The van der Waals surface area contributed by atoms with E-state index in [1.165, 1.54) is 32.2 Å². The van der Waals surface area contributed by atoms with Crippen LogP contribution in [0.1, 0.15) is 60.4 Å². The zero-order valence-electron chi connectivity index (χ0n) is 19.3. The highest BCUT2D eigenvalue weighted by atomic mass is 16.5. The molecule has 1 aromatic carbocycles. The molecule has 0 aliphatic carbocycles. The van der Waals surface area contributed by atoms with Crippen molar-refractivity contribution in [3.8, 4) is 11.5 Å². The number of nitrogens with one attached hydrogen (secondary N) is 2. The summed E-state index contributed by atoms with van der Waals surface area (Å²) < 4.78 is 15.7. The maximum absolute atomic E-state index is 12.6. The van der Waals surface area contributed by atoms with Gasteiger partial charge in [0.25, 0.3) is 11.8 Å². The molecule has 2 N–H and O–H groups in total. The molecule has 2 rings (SSSR count). The fourth-order valence-electron chi connectivity index (χ4n) is 2.90. The predicted molar refractivity (Wildman–Crippen MR) is 124 cm³/mol. The van der Waals surface area contributed by atoms with Crippen molar-refractivity contribution in [1.29, 1.82) is 0 Å². The Hall–Kier alpha value is -3.62. The van der Waals surface area contributed by atoms with Gasteiger partial charge in [0.05, 0.1) is 25.9 Å². The number of carbonyl (C=O) groups excluding carboxylic acids is 3. The topological polar surface area (TPSA) is 116 Å². The highest BCUT2D eigenvalue weighted by Crippen LogP contribution is 2.20. The van der Waals surface area contributed by atoms with E-state index in [1.54, 1.807) is 31.2 Å². The molecular formula is C24H31N3O6. The van der Waals surface area contributed by atoms with Gasteiger partial charge in [-0.2, -0.15) is 0 Å². The van der Waals surface area contributed by atoms with Crippen LogP contribution in [0.2, 0.25) is 0 Å². The van der Waals surface area contributed by atoms with E-state index in [9.17, 15) is 14.4 Å². The molecule has 2 amide bonds. The predicted octanol–water partition coefficient (Wildman–Crippen LogP) is 3.59. The Morgan fingerprint density at radius 2 is 1.76 bits per heavy atom. The van der Waals surface area contributed by atoms with E-state index in [0.717, 1.165) is 18.6 Å². The first-order valence-electron chi connectivity index (χ1n) is 11.0. The van der Waals surface area contributed by atoms with Crippen LogP contribution in [0.5, 0.6) is 11.5 Å². The first-order chi connectivity index (χ1) is 16.0. The molecule has 9 heteroatoms. The van der Waals surface area contributed by atoms with Crippen molar-refractivity contribution in [3.05, 3.63) is 47.8 Å². The minimum Gasteiger partial charge on any atom is -0.494 e. The van der Waals surface area contributed by atoms with Crippen LogP contribution in [-0.2, 0) is 9.53 Å². The van der Waals surface area contributed by atoms with Crippen molar-refractivity contribution in [2.75, 3.05) is 32.2 Å². The van der Waals surface area contributed by atoms with Gasteiger partial charge >= 0.3 is 5.97 Å². The zero-order chi connectivity index (χ0) is 24.1. The number of hydrogen-bond donors (Lipinski definition) is 2. The number of amides is 2. The quantitative estimate of drug-likeness (QED) is 0.349. The van der Waals surface area contributed by atoms with Gasteiger partial charge in [0.15, 0.2) is 11.4 Å². The summed E-state index contributed by atoms with van der Waals surface area (Å²) in [5, 5.41) is 5.18. The molecule has 178 valence electrons. The van der Waals surface area contributed by atoms with Crippen molar-refractivity contribution in [3.63, 3.8) is 0 Å². The van der Waals surface area contributed by atoms with Gasteiger partial charge in [0.1, 0.15) is 12.3 Å². The Morgan fingerprint density at radius 3 is 2.42 bits per heavy atom. The lowest BCUT2D eigenvalue weighted by atomic mass is 10.2. The second kappa shape index (κ2) is 13.7. The zero-order valence-corrected chi connectivity index (χ0v) is 19.3. The molecule has 0 aliphatic rings. The molecular weight excluding hydrogens is 426 g/mol. The van der Waals surface area contributed by atoms with Crippen LogP contribution in [0.25, 0.3) is 0 Å². The van der Waals surface area contributed by atoms with Gasteiger partial charge in [0, 0.05) is 11.9 Å². The number of ether oxygens (including phenoxy) is 3. The average Bonchev–Trinajstić information content (AvgIpc) is 2.83. The van der Waals surface area contributed by atoms with E-state index in [2.05, 4.69) is 22.5 Å². The molecule has 33 heavy (non-hydrogen) atoms. The highest BCUT2D eigenvalue weighted by Gasteiger charge is 2.18. The second-order valence-corrected chi connectivity index (χ2v) is 7.15. The van der Waals surface area contributed by atoms with E-state index in [0.29, 0.717) is 12.3 Å². The Bertz CT molecular complexity index is 930. The number of unbranched alkanes of at least 4 members (excludes halogenated alkanes) is 3. The standard InChI is InChI=1S/C24H31N3O6/c1-4-6-7-8-13-33-19-11-9-18(10-12-19)27-23(29)17-14-20(31-3)22(25-15-17)24(30)26-16-21(28)32-5-2/h9-12,14-15H,4-8,13,16H2,1-3H3,(H,26,30)(H,27,29). The molecule has 0 aliphatic heterocycles. The van der Waals surface area contributed by atoms with Crippen LogP contribution >= 0.6 is 0 Å². The van der Waals surface area contributed by atoms with Crippen molar-refractivity contribution in [1.82, 2.24) is 10.3 Å². The van der Waals surface area contributed by atoms with Crippen LogP contribution in [0.4, 0.5) is 5.69 Å². The number of nitrogens with zero attached hydrogens (tertiary/aromatic N) is 1. The number of benzene rings is 1. The molecule has 1 heterocycles. The summed E-state index contributed by atoms with van der Waals surface area (Å²) in [6, 6.07) is 8.51. The highest BCUT2D eigenvalue weighted by molar-refractivity contribution is 6.05. The van der Waals surface area contributed by atoms with Gasteiger partial charge in [0.2, 0.25) is 0 Å². The number of hydrogen-bond acceptors (Lipinski definition) is 7. The second-order valence-electron chi connectivity index (χ2n) is 7.15. The molecule has 0 spiro atoms. The third-order valence-corrected chi connectivity index (χ3v) is 4.63. The van der Waals surface area contributed by atoms with Crippen LogP contribution < -0.4 is 20.1 Å². The minimum absolute atomic E-state index is 0.0428. The molecule has 0 bridgehead atoms. The SMILES string of the molecule is CCCCCCOc1ccc(NC(=O)c2cnc(C(=O)NCC(=O)OCC)c(OC)c2)cc1. The Labute approximate surface area is 193 Å². The maximum Gasteiger partial charge on any atom is 0.325 e. The van der Waals surface area contributed by atoms with E-state index in [1.807, 2.05) is 0 Å². The lowest BCUT2D eigenvalue weighted by Gasteiger charge is -2.11. The average molecular weight is 458 g/mol. The summed E-state index contributed by atoms with van der Waals surface area (Å²) >= 11 is 0. The van der Waals surface area contributed by atoms with E-state index in [-0.39, 0.29) is 30.2 Å². The molecule has 0 saturated carbocycles. The Kier molecular flexibility index (Phi) is 10.7. The third-order valence-electron chi connectivity index (χ3n) is 4.63. The Morgan fingerprint density at radius 1 is 1.00 bits per heavy atom. The smallest absolute Gasteiger partial charge is 0.325 e. The molecule has 0 fully saturated rings. The summed E-state index contributed by atoms with van der Waals surface area (Å²) in [6.45, 7) is 4.43. The fourth-order valence-corrected chi connectivity index (χ4v) is 2.90. The van der Waals surface area contributed by atoms with Crippen LogP contribution in [-0.4, -0.2) is 49.6 Å². The van der Waals surface area contributed by atoms with Gasteiger partial charge < -0.3 is 24.8 Å². The van der Waals surface area contributed by atoms with Crippen LogP contribution in [0, 0.1) is 0 Å². The fraction of sp³-hybridized carbons (Fsp3) is 0.417. The maximum atomic E-state index is 12.6. The molecule has 0 saturated heterocycles. The molecule has 0 atom stereocenters. The minimum atomic E-state index is -0.614. The van der Waals surface area contributed by atoms with E-state index >= 15 is 0 Å². The summed E-state index contributed by atoms with van der Waals surface area (Å²) in [7, 11) is 1.36. The first-order valence-corrected chi connectivity index (χ1v) is 11.0. The van der Waals surface area contributed by atoms with Gasteiger partial charge in [-0.15, -0.1) is 0 Å². The number of anilines is 1. The molecule has 1 aromatic heterocycles. The number of aromatic nitrogens is 1. The van der Waals surface area contributed by atoms with Crippen molar-refractivity contribution >= 4 is 23.5 Å². The lowest BCUT2D eigenvalue weighted by Crippen LogP contribution is -2.31. The summed E-state index contributed by atoms with van der Waals surface area (Å²) in [4.78, 5) is 40.3. The van der Waals surface area contributed by atoms with Gasteiger partial charge in [-0.25, -0.2) is 4.98 Å². The Balaban J connectivity index is 1.95. The van der Waals surface area contributed by atoms with Crippen molar-refractivity contribution in [2.24, 2.45) is 0 Å². The van der Waals surface area contributed by atoms with Crippen molar-refractivity contribution < 1.29 is 28.6 Å². The molecule has 2 aromatic rings. The summed E-state index contributed by atoms with van der Waals surface area (Å²) in [5.74, 6) is -0.736. The summed E-state index contributed by atoms with van der Waals surface area (Å²) in [6.07, 6.45) is 5.81. The first kappa shape index (κ1) is 25.6. The van der Waals surface area contributed by atoms with Crippen LogP contribution in [0.15, 0.2) is 36.5 Å². The molecule has 9 nitrogen and oxygen atoms in total. The van der Waals surface area contributed by atoms with Gasteiger partial charge in [-0.05, 0) is 43.7 Å². The number of pyridine rings is 1. The number of methoxy groups -OCH3 is 1. The molecule has 0 unspecified atom stereocenters. The van der Waals surface area contributed by atoms with Crippen LogP contribution in [0.3, 0.4) is 0 Å². The number of carbonyl (C=O) groups is 3. The number of rotatable bonds is 13. The molecule has 0 radical (unpaired) electrons. The third kappa shape index (κ3) is 8.44.